The molecule has 12 heteroatoms. The van der Waals surface area contributed by atoms with Gasteiger partial charge in [-0.3, -0.25) is 19.1 Å². The molecule has 3 atom stereocenters. The molecule has 4 aromatic rings. The van der Waals surface area contributed by atoms with Crippen LogP contribution in [-0.4, -0.2) is 72.5 Å². The van der Waals surface area contributed by atoms with E-state index in [0.29, 0.717) is 47.0 Å². The van der Waals surface area contributed by atoms with Gasteiger partial charge in [0, 0.05) is 42.2 Å². The summed E-state index contributed by atoms with van der Waals surface area (Å²) in [5.74, 6) is 0.566. The number of anilines is 1. The Kier molecular flexibility index (Phi) is 6.89. The summed E-state index contributed by atoms with van der Waals surface area (Å²) in [6, 6.07) is 7.03. The Labute approximate surface area is 262 Å². The number of nitrogens with one attached hydrogen (secondary N) is 1. The number of benzene rings is 1. The minimum Gasteiger partial charge on any atom is -0.380 e. The number of hydrogen-bond acceptors (Lipinski definition) is 8. The Balaban J connectivity index is 1.25. The maximum Gasteiger partial charge on any atom is 0.248 e. The average molecular weight is 659 g/mol. The van der Waals surface area contributed by atoms with Gasteiger partial charge in [0.25, 0.3) is 0 Å². The molecule has 1 saturated carbocycles. The highest BCUT2D eigenvalue weighted by Gasteiger charge is 2.64. The first-order valence-corrected chi connectivity index (χ1v) is 15.5. The van der Waals surface area contributed by atoms with Crippen molar-refractivity contribution >= 4 is 50.2 Å². The highest BCUT2D eigenvalue weighted by molar-refractivity contribution is 9.10. The van der Waals surface area contributed by atoms with E-state index in [2.05, 4.69) is 49.2 Å². The van der Waals surface area contributed by atoms with E-state index in [9.17, 15) is 14.4 Å². The number of likely N-dealkylation sites (tertiary alicyclic amines) is 1. The lowest BCUT2D eigenvalue weighted by Gasteiger charge is -2.29. The summed E-state index contributed by atoms with van der Waals surface area (Å²) < 4.78 is 7.80. The summed E-state index contributed by atoms with van der Waals surface area (Å²) in [5.41, 5.74) is 4.42. The van der Waals surface area contributed by atoms with E-state index < -0.39 is 6.04 Å². The number of piperidine rings is 1. The van der Waals surface area contributed by atoms with Crippen molar-refractivity contribution in [2.45, 2.75) is 65.1 Å². The molecule has 0 unspecified atom stereocenters. The van der Waals surface area contributed by atoms with Crippen LogP contribution in [0.3, 0.4) is 0 Å². The molecule has 11 nitrogen and oxygen atoms in total. The summed E-state index contributed by atoms with van der Waals surface area (Å²) in [7, 11) is 0. The fourth-order valence-electron chi connectivity index (χ4n) is 6.56. The molecule has 3 aliphatic rings. The van der Waals surface area contributed by atoms with Crippen molar-refractivity contribution in [3.63, 3.8) is 0 Å². The van der Waals surface area contributed by atoms with Crippen molar-refractivity contribution in [3.8, 4) is 11.1 Å². The molecule has 0 radical (unpaired) electrons. The topological polar surface area (TPSA) is 132 Å². The van der Waals surface area contributed by atoms with E-state index in [1.54, 1.807) is 22.0 Å². The number of ketones is 1. The van der Waals surface area contributed by atoms with Crippen LogP contribution in [0.5, 0.6) is 0 Å². The maximum atomic E-state index is 14.1. The molecule has 2 saturated heterocycles. The smallest absolute Gasteiger partial charge is 0.248 e. The van der Waals surface area contributed by atoms with Gasteiger partial charge in [-0.15, -0.1) is 0 Å². The van der Waals surface area contributed by atoms with Crippen LogP contribution in [0.4, 0.5) is 5.82 Å². The van der Waals surface area contributed by atoms with Crippen LogP contribution < -0.4 is 5.32 Å². The molecule has 44 heavy (non-hydrogen) atoms. The zero-order valence-corrected chi connectivity index (χ0v) is 26.5. The molecule has 5 heterocycles. The summed E-state index contributed by atoms with van der Waals surface area (Å²) in [5, 5.41) is 8.32. The minimum absolute atomic E-state index is 0.0240. The van der Waals surface area contributed by atoms with Gasteiger partial charge < -0.3 is 15.0 Å². The predicted molar refractivity (Wildman–Crippen MR) is 166 cm³/mol. The fraction of sp³-hybridized carbons (Fsp3) is 0.406. The first-order chi connectivity index (χ1) is 21.0. The van der Waals surface area contributed by atoms with Crippen molar-refractivity contribution < 1.29 is 19.1 Å². The number of halogens is 1. The predicted octanol–water partition coefficient (Wildman–Crippen LogP) is 4.60. The van der Waals surface area contributed by atoms with E-state index in [0.717, 1.165) is 34.2 Å². The standard InChI is InChI=1S/C32H32BrN7O4/c1-16-5-6-26(33)36-30(16)37-31(43)24-9-32(4)10-25(32)40(24)27(42)13-39-29-22(21-14-44-15-21)7-19(20-11-34-18(3)35-12-20)8-23(29)28(38-39)17(2)41/h5-8,11-12,21,24-25H,9-10,13-15H2,1-4H3,(H,36,37,43)/t24-,25+,32-/m0/s1. The monoisotopic (exact) mass is 657 g/mol. The number of aromatic nitrogens is 5. The quantitative estimate of drug-likeness (QED) is 0.225. The van der Waals surface area contributed by atoms with Crippen molar-refractivity contribution in [1.29, 1.82) is 0 Å². The third kappa shape index (κ3) is 4.89. The Morgan fingerprint density at radius 1 is 1.09 bits per heavy atom. The number of nitrogens with zero attached hydrogens (tertiary/aromatic N) is 6. The molecule has 0 bridgehead atoms. The van der Waals surface area contributed by atoms with E-state index in [-0.39, 0.29) is 41.5 Å². The van der Waals surface area contributed by atoms with E-state index >= 15 is 0 Å². The largest absolute Gasteiger partial charge is 0.380 e. The average Bonchev–Trinajstić information content (AvgIpc) is 3.31. The fourth-order valence-corrected chi connectivity index (χ4v) is 6.87. The molecule has 3 fully saturated rings. The lowest BCUT2D eigenvalue weighted by Crippen LogP contribution is -2.47. The van der Waals surface area contributed by atoms with Crippen LogP contribution in [0.15, 0.2) is 41.3 Å². The summed E-state index contributed by atoms with van der Waals surface area (Å²) in [6.45, 7) is 8.29. The zero-order chi connectivity index (χ0) is 30.9. The van der Waals surface area contributed by atoms with Crippen LogP contribution in [-0.2, 0) is 20.9 Å². The molecular weight excluding hydrogens is 626 g/mol. The highest BCUT2D eigenvalue weighted by atomic mass is 79.9. The van der Waals surface area contributed by atoms with Crippen molar-refractivity contribution in [1.82, 2.24) is 29.6 Å². The van der Waals surface area contributed by atoms with Gasteiger partial charge in [0.15, 0.2) is 5.78 Å². The second-order valence-electron chi connectivity index (χ2n) is 12.5. The number of ether oxygens (including phenoxy) is 1. The van der Waals surface area contributed by atoms with Crippen LogP contribution in [0, 0.1) is 19.3 Å². The van der Waals surface area contributed by atoms with Crippen molar-refractivity contribution in [3.05, 3.63) is 63.9 Å². The Bertz CT molecular complexity index is 1850. The maximum absolute atomic E-state index is 14.1. The molecule has 2 aliphatic heterocycles. The van der Waals surface area contributed by atoms with Gasteiger partial charge in [0.1, 0.15) is 34.5 Å². The minimum atomic E-state index is -0.631. The molecule has 2 amide bonds. The molecule has 3 aromatic heterocycles. The summed E-state index contributed by atoms with van der Waals surface area (Å²) in [4.78, 5) is 55.4. The zero-order valence-electron chi connectivity index (χ0n) is 24.9. The van der Waals surface area contributed by atoms with Gasteiger partial charge >= 0.3 is 0 Å². The van der Waals surface area contributed by atoms with E-state index in [1.807, 2.05) is 32.0 Å². The number of fused-ring (bicyclic) bond motifs is 2. The Morgan fingerprint density at radius 3 is 2.52 bits per heavy atom. The van der Waals surface area contributed by atoms with Gasteiger partial charge in [-0.2, -0.15) is 5.10 Å². The van der Waals surface area contributed by atoms with Crippen LogP contribution in [0.2, 0.25) is 0 Å². The number of carbonyl (C=O) groups is 3. The molecule has 1 N–H and O–H groups in total. The van der Waals surface area contributed by atoms with Crippen molar-refractivity contribution in [2.24, 2.45) is 5.41 Å². The summed E-state index contributed by atoms with van der Waals surface area (Å²) >= 11 is 3.37. The Hall–Kier alpha value is -4.03. The normalized spacial score (nSPS) is 22.5. The molecule has 0 spiro atoms. The molecular formula is C32H32BrN7O4. The lowest BCUT2D eigenvalue weighted by molar-refractivity contribution is -0.138. The third-order valence-electron chi connectivity index (χ3n) is 9.21. The van der Waals surface area contributed by atoms with E-state index in [1.165, 1.54) is 6.92 Å². The second kappa shape index (κ2) is 10.6. The number of hydrogen-bond donors (Lipinski definition) is 1. The SMILES string of the molecule is CC(=O)c1nn(CC(=O)N2[C@H](C(=O)Nc3nc(Br)ccc3C)C[C@@]3(C)C[C@@H]23)c2c(C3COC3)cc(-c3cnc(C)nc3)cc12. The number of rotatable bonds is 7. The molecule has 1 aliphatic carbocycles. The van der Waals surface area contributed by atoms with Gasteiger partial charge in [-0.1, -0.05) is 13.0 Å². The lowest BCUT2D eigenvalue weighted by atomic mass is 9.91. The van der Waals surface area contributed by atoms with Crippen LogP contribution in [0.1, 0.15) is 60.0 Å². The number of Topliss-reactive ketones (excluding diaryl/α,β-unsaturated/α-hetero) is 1. The molecule has 7 rings (SSSR count). The molecule has 226 valence electrons. The van der Waals surface area contributed by atoms with E-state index in [4.69, 9.17) is 9.84 Å². The summed E-state index contributed by atoms with van der Waals surface area (Å²) in [6.07, 6.45) is 4.96. The second-order valence-corrected chi connectivity index (χ2v) is 13.3. The van der Waals surface area contributed by atoms with Crippen molar-refractivity contribution in [2.75, 3.05) is 18.5 Å². The van der Waals surface area contributed by atoms with Gasteiger partial charge in [-0.25, -0.2) is 15.0 Å². The highest BCUT2D eigenvalue weighted by Crippen LogP contribution is 2.59. The third-order valence-corrected chi connectivity index (χ3v) is 9.66. The first-order valence-electron chi connectivity index (χ1n) is 14.7. The number of aryl methyl sites for hydroxylation is 2. The van der Waals surface area contributed by atoms with Gasteiger partial charge in [0.05, 0.1) is 18.7 Å². The van der Waals surface area contributed by atoms with Gasteiger partial charge in [0.2, 0.25) is 11.8 Å². The first kappa shape index (κ1) is 28.7. The number of amides is 2. The Morgan fingerprint density at radius 2 is 1.84 bits per heavy atom. The number of carbonyl (C=O) groups excluding carboxylic acids is 3. The van der Waals surface area contributed by atoms with Crippen LogP contribution >= 0.6 is 15.9 Å². The van der Waals surface area contributed by atoms with Gasteiger partial charge in [-0.05, 0) is 82.9 Å². The molecule has 1 aromatic carbocycles. The van der Waals surface area contributed by atoms with Crippen LogP contribution in [0.25, 0.3) is 22.0 Å². The number of pyridine rings is 1.